The van der Waals surface area contributed by atoms with Crippen LogP contribution in [-0.4, -0.2) is 29.6 Å². The molecule has 0 saturated carbocycles. The molecule has 3 unspecified atom stereocenters. The Morgan fingerprint density at radius 1 is 1.08 bits per heavy atom. The van der Waals surface area contributed by atoms with Gasteiger partial charge in [0.15, 0.2) is 0 Å². The number of benzene rings is 2. The summed E-state index contributed by atoms with van der Waals surface area (Å²) in [5, 5.41) is 10.1. The van der Waals surface area contributed by atoms with Crippen LogP contribution in [0.5, 0.6) is 0 Å². The van der Waals surface area contributed by atoms with Crippen LogP contribution >= 0.6 is 0 Å². The van der Waals surface area contributed by atoms with Crippen molar-refractivity contribution in [1.82, 2.24) is 4.90 Å². The highest BCUT2D eigenvalue weighted by Gasteiger charge is 2.45. The van der Waals surface area contributed by atoms with Gasteiger partial charge in [0.25, 0.3) is 0 Å². The van der Waals surface area contributed by atoms with Crippen LogP contribution in [0.4, 0.5) is 0 Å². The van der Waals surface area contributed by atoms with Gasteiger partial charge >= 0.3 is 5.97 Å². The first kappa shape index (κ1) is 17.3. The fourth-order valence-electron chi connectivity index (χ4n) is 4.89. The molecule has 136 valence electrons. The minimum Gasteiger partial charge on any atom is -0.481 e. The Kier molecular flexibility index (Phi) is 4.58. The number of fused-ring (bicyclic) bond motifs is 1. The number of nitrogens with zero attached hydrogens (tertiary/aromatic N) is 1. The van der Waals surface area contributed by atoms with Crippen LogP contribution in [0, 0.1) is 5.92 Å². The molecule has 2 aromatic rings. The summed E-state index contributed by atoms with van der Waals surface area (Å²) in [6.07, 6.45) is 4.51. The third-order valence-electron chi connectivity index (χ3n) is 6.30. The van der Waals surface area contributed by atoms with E-state index in [1.807, 2.05) is 0 Å². The number of likely N-dealkylation sites (tertiary alicyclic amines) is 1. The van der Waals surface area contributed by atoms with E-state index in [1.165, 1.54) is 28.7 Å². The SMILES string of the molecule is CCc1ccc(C2C(C(=O)O)C(c3ccc4c(c3)CCC4)CN2C)cc1. The number of rotatable bonds is 4. The number of carboxylic acid groups (broad SMARTS) is 1. The van der Waals surface area contributed by atoms with Gasteiger partial charge in [-0.25, -0.2) is 0 Å². The number of carboxylic acids is 1. The normalized spacial score (nSPS) is 25.4. The van der Waals surface area contributed by atoms with Crippen molar-refractivity contribution in [2.24, 2.45) is 5.92 Å². The number of likely N-dealkylation sites (N-methyl/N-ethyl adjacent to an activating group) is 1. The van der Waals surface area contributed by atoms with E-state index in [9.17, 15) is 9.90 Å². The van der Waals surface area contributed by atoms with Crippen LogP contribution in [0.3, 0.4) is 0 Å². The zero-order valence-electron chi connectivity index (χ0n) is 15.6. The molecule has 1 saturated heterocycles. The van der Waals surface area contributed by atoms with Gasteiger partial charge in [-0.05, 0) is 60.5 Å². The van der Waals surface area contributed by atoms with E-state index in [-0.39, 0.29) is 12.0 Å². The quantitative estimate of drug-likeness (QED) is 0.899. The lowest BCUT2D eigenvalue weighted by atomic mass is 9.82. The Balaban J connectivity index is 1.69. The Bertz CT molecular complexity index is 811. The Hall–Kier alpha value is -2.13. The van der Waals surface area contributed by atoms with E-state index in [0.717, 1.165) is 31.4 Å². The highest BCUT2D eigenvalue weighted by Crippen LogP contribution is 2.45. The van der Waals surface area contributed by atoms with Gasteiger partial charge in [0, 0.05) is 18.5 Å². The van der Waals surface area contributed by atoms with Gasteiger partial charge in [-0.15, -0.1) is 0 Å². The summed E-state index contributed by atoms with van der Waals surface area (Å²) in [6, 6.07) is 15.1. The maximum Gasteiger partial charge on any atom is 0.309 e. The maximum absolute atomic E-state index is 12.2. The summed E-state index contributed by atoms with van der Waals surface area (Å²) in [5.74, 6) is -1.06. The first-order valence-electron chi connectivity index (χ1n) is 9.72. The number of carbonyl (C=O) groups is 1. The molecule has 1 aliphatic heterocycles. The molecule has 0 spiro atoms. The predicted molar refractivity (Wildman–Crippen MR) is 104 cm³/mol. The standard InChI is InChI=1S/C23H27NO2/c1-3-15-7-9-17(10-8-15)22-21(23(25)26)20(14-24(22)2)19-12-11-16-5-4-6-18(16)13-19/h7-13,20-22H,3-6,14H2,1-2H3,(H,25,26). The monoisotopic (exact) mass is 349 g/mol. The first-order chi connectivity index (χ1) is 12.6. The third-order valence-corrected chi connectivity index (χ3v) is 6.30. The lowest BCUT2D eigenvalue weighted by Gasteiger charge is -2.24. The molecule has 4 rings (SSSR count). The highest BCUT2D eigenvalue weighted by atomic mass is 16.4. The van der Waals surface area contributed by atoms with Crippen LogP contribution in [-0.2, 0) is 24.1 Å². The van der Waals surface area contributed by atoms with Crippen LogP contribution in [0.2, 0.25) is 0 Å². The van der Waals surface area contributed by atoms with E-state index in [2.05, 4.69) is 61.3 Å². The molecule has 1 heterocycles. The fraction of sp³-hybridized carbons (Fsp3) is 0.435. The van der Waals surface area contributed by atoms with Crippen molar-refractivity contribution < 1.29 is 9.90 Å². The lowest BCUT2D eigenvalue weighted by Crippen LogP contribution is -2.26. The molecule has 3 heteroatoms. The summed E-state index contributed by atoms with van der Waals surface area (Å²) >= 11 is 0. The second kappa shape index (κ2) is 6.88. The second-order valence-corrected chi connectivity index (χ2v) is 7.83. The first-order valence-corrected chi connectivity index (χ1v) is 9.72. The summed E-state index contributed by atoms with van der Waals surface area (Å²) in [7, 11) is 2.06. The topological polar surface area (TPSA) is 40.5 Å². The molecule has 2 aromatic carbocycles. The Labute approximate surface area is 155 Å². The second-order valence-electron chi connectivity index (χ2n) is 7.83. The molecule has 0 bridgehead atoms. The summed E-state index contributed by atoms with van der Waals surface area (Å²) in [4.78, 5) is 14.5. The van der Waals surface area contributed by atoms with Gasteiger partial charge in [0.2, 0.25) is 0 Å². The van der Waals surface area contributed by atoms with E-state index in [0.29, 0.717) is 0 Å². The average molecular weight is 349 g/mol. The molecule has 3 atom stereocenters. The lowest BCUT2D eigenvalue weighted by molar-refractivity contribution is -0.143. The molecule has 0 aromatic heterocycles. The highest BCUT2D eigenvalue weighted by molar-refractivity contribution is 5.73. The summed E-state index contributed by atoms with van der Waals surface area (Å²) in [6.45, 7) is 2.93. The van der Waals surface area contributed by atoms with Gasteiger partial charge in [-0.2, -0.15) is 0 Å². The predicted octanol–water partition coefficient (Wildman–Crippen LogP) is 4.21. The molecule has 2 aliphatic rings. The average Bonchev–Trinajstić information content (AvgIpc) is 3.25. The molecule has 3 nitrogen and oxygen atoms in total. The summed E-state index contributed by atoms with van der Waals surface area (Å²) in [5.41, 5.74) is 6.46. The molecule has 1 N–H and O–H groups in total. The smallest absolute Gasteiger partial charge is 0.309 e. The van der Waals surface area contributed by atoms with Crippen molar-refractivity contribution in [2.75, 3.05) is 13.6 Å². The zero-order valence-corrected chi connectivity index (χ0v) is 15.6. The van der Waals surface area contributed by atoms with Crippen molar-refractivity contribution >= 4 is 5.97 Å². The molecule has 26 heavy (non-hydrogen) atoms. The van der Waals surface area contributed by atoms with Crippen molar-refractivity contribution in [1.29, 1.82) is 0 Å². The molecular formula is C23H27NO2. The summed E-state index contributed by atoms with van der Waals surface area (Å²) < 4.78 is 0. The van der Waals surface area contributed by atoms with Gasteiger partial charge in [-0.3, -0.25) is 9.69 Å². The van der Waals surface area contributed by atoms with Crippen LogP contribution < -0.4 is 0 Å². The zero-order chi connectivity index (χ0) is 18.3. The van der Waals surface area contributed by atoms with Crippen LogP contribution in [0.25, 0.3) is 0 Å². The van der Waals surface area contributed by atoms with E-state index >= 15 is 0 Å². The molecule has 1 fully saturated rings. The molecule has 1 aliphatic carbocycles. The minimum absolute atomic E-state index is 0.0410. The van der Waals surface area contributed by atoms with Gasteiger partial charge in [0.05, 0.1) is 5.92 Å². The largest absolute Gasteiger partial charge is 0.481 e. The van der Waals surface area contributed by atoms with Gasteiger partial charge in [0.1, 0.15) is 0 Å². The number of hydrogen-bond donors (Lipinski definition) is 1. The molecule has 0 radical (unpaired) electrons. The van der Waals surface area contributed by atoms with Gasteiger partial charge < -0.3 is 5.11 Å². The molecular weight excluding hydrogens is 322 g/mol. The van der Waals surface area contributed by atoms with E-state index < -0.39 is 11.9 Å². The van der Waals surface area contributed by atoms with Crippen LogP contribution in [0.15, 0.2) is 42.5 Å². The fourth-order valence-corrected chi connectivity index (χ4v) is 4.89. The number of aliphatic carboxylic acids is 1. The maximum atomic E-state index is 12.2. The van der Waals surface area contributed by atoms with Crippen LogP contribution in [0.1, 0.15) is 53.1 Å². The Morgan fingerprint density at radius 3 is 2.46 bits per heavy atom. The van der Waals surface area contributed by atoms with Crippen molar-refractivity contribution in [3.8, 4) is 0 Å². The van der Waals surface area contributed by atoms with Crippen molar-refractivity contribution in [2.45, 2.75) is 44.6 Å². The number of aryl methyl sites for hydroxylation is 3. The number of hydrogen-bond acceptors (Lipinski definition) is 2. The Morgan fingerprint density at radius 2 is 1.77 bits per heavy atom. The van der Waals surface area contributed by atoms with E-state index in [1.54, 1.807) is 0 Å². The van der Waals surface area contributed by atoms with Crippen molar-refractivity contribution in [3.63, 3.8) is 0 Å². The molecule has 0 amide bonds. The third kappa shape index (κ3) is 2.95. The van der Waals surface area contributed by atoms with Gasteiger partial charge in [-0.1, -0.05) is 49.4 Å². The van der Waals surface area contributed by atoms with E-state index in [4.69, 9.17) is 0 Å². The van der Waals surface area contributed by atoms with Crippen molar-refractivity contribution in [3.05, 3.63) is 70.3 Å². The minimum atomic E-state index is -0.690.